The Morgan fingerprint density at radius 1 is 1.17 bits per heavy atom. The van der Waals surface area contributed by atoms with Gasteiger partial charge in [0, 0.05) is 11.3 Å². The molecule has 0 unspecified atom stereocenters. The van der Waals surface area contributed by atoms with Gasteiger partial charge in [0.2, 0.25) is 5.89 Å². The number of rotatable bonds is 8. The maximum atomic E-state index is 10.3. The van der Waals surface area contributed by atoms with Gasteiger partial charge in [0.1, 0.15) is 5.75 Å². The van der Waals surface area contributed by atoms with Crippen LogP contribution in [0.2, 0.25) is 0 Å². The molecule has 2 aromatic carbocycles. The van der Waals surface area contributed by atoms with Crippen LogP contribution in [0.15, 0.2) is 58.2 Å². The van der Waals surface area contributed by atoms with E-state index in [-0.39, 0.29) is 12.7 Å². The largest absolute Gasteiger partial charge is 0.497 e. The molecule has 1 aliphatic carbocycles. The molecule has 1 heterocycles. The van der Waals surface area contributed by atoms with Crippen LogP contribution in [0.25, 0.3) is 11.5 Å². The molecule has 6 nitrogen and oxygen atoms in total. The molecular formula is C22H24N2O4S. The first-order chi connectivity index (χ1) is 14.2. The predicted octanol–water partition coefficient (Wildman–Crippen LogP) is 4.29. The average molecular weight is 413 g/mol. The number of aliphatic hydroxyl groups excluding tert-OH is 1. The Hall–Kier alpha value is -2.35. The summed E-state index contributed by atoms with van der Waals surface area (Å²) in [4.78, 5) is 0. The van der Waals surface area contributed by atoms with E-state index in [1.807, 2.05) is 30.3 Å². The van der Waals surface area contributed by atoms with E-state index < -0.39 is 6.10 Å². The van der Waals surface area contributed by atoms with Crippen molar-refractivity contribution in [1.82, 2.24) is 10.2 Å². The summed E-state index contributed by atoms with van der Waals surface area (Å²) in [6.07, 6.45) is 2.66. The van der Waals surface area contributed by atoms with Gasteiger partial charge in [-0.2, -0.15) is 0 Å². The smallest absolute Gasteiger partial charge is 0.276 e. The van der Waals surface area contributed by atoms with Gasteiger partial charge < -0.3 is 19.0 Å². The van der Waals surface area contributed by atoms with E-state index in [2.05, 4.69) is 28.4 Å². The van der Waals surface area contributed by atoms with Crippen molar-refractivity contribution >= 4 is 11.8 Å². The van der Waals surface area contributed by atoms with Gasteiger partial charge in [0.05, 0.1) is 25.9 Å². The first-order valence-corrected chi connectivity index (χ1v) is 10.7. The fourth-order valence-corrected chi connectivity index (χ4v) is 4.11. The van der Waals surface area contributed by atoms with Crippen LogP contribution in [0.5, 0.6) is 5.75 Å². The maximum Gasteiger partial charge on any atom is 0.276 e. The van der Waals surface area contributed by atoms with E-state index in [0.29, 0.717) is 16.9 Å². The summed E-state index contributed by atoms with van der Waals surface area (Å²) in [5.74, 6) is 1.64. The third-order valence-electron chi connectivity index (χ3n) is 4.95. The number of benzene rings is 2. The monoisotopic (exact) mass is 412 g/mol. The molecule has 0 amide bonds. The Morgan fingerprint density at radius 3 is 2.83 bits per heavy atom. The molecule has 4 rings (SSSR count). The van der Waals surface area contributed by atoms with Crippen LogP contribution in [0, 0.1) is 0 Å². The minimum absolute atomic E-state index is 0.0599. The zero-order valence-corrected chi connectivity index (χ0v) is 17.1. The second kappa shape index (κ2) is 9.43. The molecule has 0 saturated carbocycles. The Kier molecular flexibility index (Phi) is 6.49. The summed E-state index contributed by atoms with van der Waals surface area (Å²) in [6.45, 7) is 0.283. The highest BCUT2D eigenvalue weighted by Gasteiger charge is 2.21. The van der Waals surface area contributed by atoms with Gasteiger partial charge in [0.15, 0.2) is 0 Å². The highest BCUT2D eigenvalue weighted by atomic mass is 32.2. The fourth-order valence-electron chi connectivity index (χ4n) is 3.44. The molecule has 1 aromatic heterocycles. The van der Waals surface area contributed by atoms with Crippen molar-refractivity contribution in [3.63, 3.8) is 0 Å². The highest BCUT2D eigenvalue weighted by Crippen LogP contribution is 2.32. The van der Waals surface area contributed by atoms with Gasteiger partial charge in [-0.15, -0.1) is 10.2 Å². The molecule has 1 N–H and O–H groups in total. The molecule has 2 atom stereocenters. The van der Waals surface area contributed by atoms with Crippen LogP contribution in [0.4, 0.5) is 0 Å². The van der Waals surface area contributed by atoms with Crippen molar-refractivity contribution in [2.24, 2.45) is 0 Å². The van der Waals surface area contributed by atoms with Gasteiger partial charge >= 0.3 is 0 Å². The van der Waals surface area contributed by atoms with Crippen LogP contribution in [0.1, 0.15) is 30.1 Å². The number of ether oxygens (including phenoxy) is 2. The summed E-state index contributed by atoms with van der Waals surface area (Å²) in [7, 11) is 1.62. The van der Waals surface area contributed by atoms with Gasteiger partial charge in [-0.25, -0.2) is 0 Å². The number of hydrogen-bond acceptors (Lipinski definition) is 7. The lowest BCUT2D eigenvalue weighted by Crippen LogP contribution is -2.22. The number of aliphatic hydroxyl groups is 1. The Morgan fingerprint density at radius 2 is 2.00 bits per heavy atom. The van der Waals surface area contributed by atoms with E-state index in [4.69, 9.17) is 13.9 Å². The molecule has 3 aromatic rings. The third-order valence-corrected chi connectivity index (χ3v) is 5.91. The molecule has 0 fully saturated rings. The van der Waals surface area contributed by atoms with Crippen molar-refractivity contribution < 1.29 is 19.0 Å². The molecule has 7 heteroatoms. The van der Waals surface area contributed by atoms with Crippen LogP contribution < -0.4 is 4.74 Å². The number of aryl methyl sites for hydroxylation is 1. The van der Waals surface area contributed by atoms with E-state index >= 15 is 0 Å². The van der Waals surface area contributed by atoms with E-state index in [0.717, 1.165) is 30.6 Å². The lowest BCUT2D eigenvalue weighted by atomic mass is 9.89. The maximum absolute atomic E-state index is 10.3. The Bertz CT molecular complexity index is 929. The molecule has 29 heavy (non-hydrogen) atoms. The zero-order chi connectivity index (χ0) is 20.1. The molecule has 0 aliphatic heterocycles. The van der Waals surface area contributed by atoms with E-state index in [9.17, 15) is 5.11 Å². The molecule has 0 saturated heterocycles. The number of nitrogens with zero attached hydrogens (tertiary/aromatic N) is 2. The summed E-state index contributed by atoms with van der Waals surface area (Å²) in [6, 6.07) is 15.8. The quantitative estimate of drug-likeness (QED) is 0.553. The van der Waals surface area contributed by atoms with Crippen molar-refractivity contribution in [2.45, 2.75) is 36.7 Å². The number of hydrogen-bond donors (Lipinski definition) is 1. The number of aromatic nitrogens is 2. The molecule has 1 aliphatic rings. The van der Waals surface area contributed by atoms with Gasteiger partial charge in [-0.1, -0.05) is 36.0 Å². The number of thioether (sulfide) groups is 1. The molecule has 0 spiro atoms. The minimum atomic E-state index is -0.606. The number of fused-ring (bicyclic) bond motifs is 1. The molecule has 0 radical (unpaired) electrons. The van der Waals surface area contributed by atoms with Crippen LogP contribution in [-0.2, 0) is 11.2 Å². The minimum Gasteiger partial charge on any atom is -0.497 e. The second-order valence-corrected chi connectivity index (χ2v) is 7.95. The summed E-state index contributed by atoms with van der Waals surface area (Å²) in [5, 5.41) is 18.9. The third kappa shape index (κ3) is 4.98. The van der Waals surface area contributed by atoms with Gasteiger partial charge in [0.25, 0.3) is 5.22 Å². The number of methoxy groups -OCH3 is 1. The molecule has 152 valence electrons. The van der Waals surface area contributed by atoms with Crippen LogP contribution in [-0.4, -0.2) is 40.9 Å². The SMILES string of the molecule is COc1ccc(-c2nnc(SC[C@@H](O)CO[C@H]3CCCc4ccccc43)o2)cc1. The van der Waals surface area contributed by atoms with Crippen molar-refractivity contribution in [3.05, 3.63) is 59.7 Å². The van der Waals surface area contributed by atoms with Gasteiger partial charge in [-0.3, -0.25) is 0 Å². The first-order valence-electron chi connectivity index (χ1n) is 9.71. The fraction of sp³-hybridized carbons (Fsp3) is 0.364. The predicted molar refractivity (Wildman–Crippen MR) is 111 cm³/mol. The average Bonchev–Trinajstić information content (AvgIpc) is 3.25. The van der Waals surface area contributed by atoms with Crippen molar-refractivity contribution in [2.75, 3.05) is 19.5 Å². The summed E-state index contributed by atoms with van der Waals surface area (Å²) in [5.41, 5.74) is 3.43. The van der Waals surface area contributed by atoms with E-state index in [1.54, 1.807) is 7.11 Å². The van der Waals surface area contributed by atoms with Crippen molar-refractivity contribution in [3.8, 4) is 17.2 Å². The lowest BCUT2D eigenvalue weighted by Gasteiger charge is -2.26. The van der Waals surface area contributed by atoms with Crippen LogP contribution in [0.3, 0.4) is 0 Å². The second-order valence-electron chi connectivity index (χ2n) is 6.98. The first kappa shape index (κ1) is 19.9. The molecule has 0 bridgehead atoms. The van der Waals surface area contributed by atoms with Gasteiger partial charge in [-0.05, 0) is 54.7 Å². The lowest BCUT2D eigenvalue weighted by molar-refractivity contribution is -0.00963. The topological polar surface area (TPSA) is 77.6 Å². The standard InChI is InChI=1S/C22H24N2O4S/c1-26-18-11-9-16(10-12-18)21-23-24-22(28-21)29-14-17(25)13-27-20-8-4-6-15-5-2-3-7-19(15)20/h2-3,5,7,9-12,17,20,25H,4,6,8,13-14H2,1H3/t17-,20-/m0/s1. The normalized spacial score (nSPS) is 17.0. The Balaban J connectivity index is 1.27. The molecular weight excluding hydrogens is 388 g/mol. The summed E-state index contributed by atoms with van der Waals surface area (Å²) < 4.78 is 16.8. The highest BCUT2D eigenvalue weighted by molar-refractivity contribution is 7.99. The zero-order valence-electron chi connectivity index (χ0n) is 16.3. The summed E-state index contributed by atoms with van der Waals surface area (Å²) >= 11 is 1.33. The van der Waals surface area contributed by atoms with Crippen molar-refractivity contribution in [1.29, 1.82) is 0 Å². The van der Waals surface area contributed by atoms with Crippen LogP contribution >= 0.6 is 11.8 Å². The Labute approximate surface area is 174 Å². The van der Waals surface area contributed by atoms with E-state index in [1.165, 1.54) is 22.9 Å².